The molecule has 5 rings (SSSR count). The molecule has 35 heavy (non-hydrogen) atoms. The number of benzene rings is 3. The molecule has 2 aromatic heterocycles. The molecular formula is C27H23N4O2PdS-. The molecule has 6 nitrogen and oxygen atoms in total. The molecule has 0 aliphatic heterocycles. The van der Waals surface area contributed by atoms with Crippen molar-refractivity contribution in [2.24, 2.45) is 0 Å². The van der Waals surface area contributed by atoms with Crippen LogP contribution in [0.3, 0.4) is 0 Å². The van der Waals surface area contributed by atoms with Gasteiger partial charge in [0.05, 0.1) is 16.5 Å². The van der Waals surface area contributed by atoms with Crippen molar-refractivity contribution in [3.63, 3.8) is 0 Å². The van der Waals surface area contributed by atoms with E-state index >= 15 is 0 Å². The van der Waals surface area contributed by atoms with Gasteiger partial charge < -0.3 is 4.72 Å². The zero-order chi connectivity index (χ0) is 24.4. The van der Waals surface area contributed by atoms with E-state index in [1.807, 2.05) is 55.5 Å². The number of sulfonamides is 1. The van der Waals surface area contributed by atoms with Gasteiger partial charge in [0.1, 0.15) is 10.0 Å². The Morgan fingerprint density at radius 2 is 1.43 bits per heavy atom. The smallest absolute Gasteiger partial charge is 0.123 e. The van der Waals surface area contributed by atoms with Crippen LogP contribution in [-0.2, 0) is 30.4 Å². The van der Waals surface area contributed by atoms with Crippen molar-refractivity contribution >= 4 is 37.4 Å². The average Bonchev–Trinajstić information content (AvgIpc) is 2.86. The summed E-state index contributed by atoms with van der Waals surface area (Å²) in [6.45, 7) is 3.34. The minimum absolute atomic E-state index is 0. The Kier molecular flexibility index (Phi) is 10.5. The standard InChI is InChI=1S/C20H15N2O2S.C5H5N.C2H3N.Pd/c1-14-7-11-17(12-8-14)25(23,24)22-18-6-2-4-15-9-10-16-5-3-13-21-20(16)19(15)18;1-2-4-6-5-3-1;1-2-3;/h2-13H,1H3;1-5H;1H3;/q-1;;;. The van der Waals surface area contributed by atoms with Crippen LogP contribution in [0.5, 0.6) is 0 Å². The van der Waals surface area contributed by atoms with Gasteiger partial charge in [0.2, 0.25) is 0 Å². The van der Waals surface area contributed by atoms with Gasteiger partial charge in [0.25, 0.3) is 0 Å². The van der Waals surface area contributed by atoms with E-state index in [2.05, 4.69) is 14.7 Å². The summed E-state index contributed by atoms with van der Waals surface area (Å²) >= 11 is 0. The molecule has 0 amide bonds. The molecule has 0 aliphatic carbocycles. The Bertz CT molecular complexity index is 1490. The molecule has 180 valence electrons. The van der Waals surface area contributed by atoms with Crippen LogP contribution < -0.4 is 0 Å². The number of nitrogens with zero attached hydrogens (tertiary/aromatic N) is 4. The first-order valence-electron chi connectivity index (χ1n) is 10.4. The van der Waals surface area contributed by atoms with E-state index < -0.39 is 10.0 Å². The van der Waals surface area contributed by atoms with Crippen molar-refractivity contribution in [1.29, 1.82) is 5.26 Å². The monoisotopic (exact) mass is 573 g/mol. The molecule has 0 radical (unpaired) electrons. The third kappa shape index (κ3) is 7.43. The van der Waals surface area contributed by atoms with Gasteiger partial charge in [-0.2, -0.15) is 5.26 Å². The van der Waals surface area contributed by atoms with Crippen LogP contribution in [0.15, 0.2) is 108 Å². The second-order valence-electron chi connectivity index (χ2n) is 7.14. The number of pyridine rings is 2. The predicted octanol–water partition coefficient (Wildman–Crippen LogP) is 6.70. The molecule has 0 N–H and O–H groups in total. The summed E-state index contributed by atoms with van der Waals surface area (Å²) in [7, 11) is -3.79. The Morgan fingerprint density at radius 3 is 2.03 bits per heavy atom. The van der Waals surface area contributed by atoms with Crippen LogP contribution in [0, 0.1) is 18.3 Å². The summed E-state index contributed by atoms with van der Waals surface area (Å²) in [5.41, 5.74) is 2.15. The average molecular weight is 574 g/mol. The first kappa shape index (κ1) is 27.6. The van der Waals surface area contributed by atoms with Crippen molar-refractivity contribution in [1.82, 2.24) is 9.97 Å². The van der Waals surface area contributed by atoms with E-state index in [1.165, 1.54) is 6.92 Å². The van der Waals surface area contributed by atoms with Crippen LogP contribution in [0.4, 0.5) is 5.69 Å². The Hall–Kier alpha value is -3.62. The van der Waals surface area contributed by atoms with Gasteiger partial charge in [-0.1, -0.05) is 60.2 Å². The van der Waals surface area contributed by atoms with Crippen LogP contribution >= 0.6 is 0 Å². The normalized spacial score (nSPS) is 9.97. The zero-order valence-corrected chi connectivity index (χ0v) is 21.5. The van der Waals surface area contributed by atoms with Crippen molar-refractivity contribution in [2.45, 2.75) is 18.7 Å². The predicted molar refractivity (Wildman–Crippen MR) is 136 cm³/mol. The van der Waals surface area contributed by atoms with Crippen LogP contribution in [0.25, 0.3) is 26.4 Å². The summed E-state index contributed by atoms with van der Waals surface area (Å²) in [6.07, 6.45) is 5.20. The molecule has 0 atom stereocenters. The maximum atomic E-state index is 12.7. The van der Waals surface area contributed by atoms with Crippen molar-refractivity contribution in [2.75, 3.05) is 0 Å². The maximum absolute atomic E-state index is 12.7. The summed E-state index contributed by atoms with van der Waals surface area (Å²) < 4.78 is 29.5. The Morgan fingerprint density at radius 1 is 0.800 bits per heavy atom. The molecule has 0 bridgehead atoms. The van der Waals surface area contributed by atoms with Gasteiger partial charge in [-0.05, 0) is 48.0 Å². The molecule has 0 aliphatic rings. The first-order valence-corrected chi connectivity index (χ1v) is 11.9. The fraction of sp³-hybridized carbons (Fsp3) is 0.0741. The number of aromatic nitrogens is 2. The first-order chi connectivity index (χ1) is 16.5. The quantitative estimate of drug-likeness (QED) is 0.177. The molecule has 3 aromatic carbocycles. The third-order valence-electron chi connectivity index (χ3n) is 4.70. The molecule has 0 saturated carbocycles. The number of aryl methyl sites for hydroxylation is 1. The largest absolute Gasteiger partial charge is 0.572 e. The van der Waals surface area contributed by atoms with E-state index in [4.69, 9.17) is 5.26 Å². The molecule has 0 saturated heterocycles. The maximum Gasteiger partial charge on any atom is 0.123 e. The van der Waals surface area contributed by atoms with Gasteiger partial charge in [0.15, 0.2) is 0 Å². The zero-order valence-electron chi connectivity index (χ0n) is 19.1. The van der Waals surface area contributed by atoms with Crippen LogP contribution in [0.2, 0.25) is 0 Å². The Balaban J connectivity index is 0.000000368. The number of rotatable bonds is 3. The second-order valence-corrected chi connectivity index (χ2v) is 8.75. The summed E-state index contributed by atoms with van der Waals surface area (Å²) in [6, 6.07) is 27.3. The van der Waals surface area contributed by atoms with Crippen LogP contribution in [0.1, 0.15) is 12.5 Å². The van der Waals surface area contributed by atoms with Crippen molar-refractivity contribution in [3.8, 4) is 6.07 Å². The molecule has 0 unspecified atom stereocenters. The number of hydrogen-bond donors (Lipinski definition) is 0. The third-order valence-corrected chi connectivity index (χ3v) is 6.00. The van der Waals surface area contributed by atoms with E-state index in [0.29, 0.717) is 5.69 Å². The minimum atomic E-state index is -3.79. The molecule has 2 heterocycles. The number of nitriles is 1. The van der Waals surface area contributed by atoms with Gasteiger partial charge in [0, 0.05) is 51.3 Å². The molecule has 5 aromatic rings. The van der Waals surface area contributed by atoms with Gasteiger partial charge in [-0.3, -0.25) is 9.97 Å². The minimum Gasteiger partial charge on any atom is -0.572 e. The Labute approximate surface area is 219 Å². The SMILES string of the molecule is CC#N.Cc1ccc(S(=O)(=O)[N-]c2cccc3ccc4cccnc4c23)cc1.[Pd].c1ccncc1. The molecule has 0 fully saturated rings. The van der Waals surface area contributed by atoms with Gasteiger partial charge in [-0.25, -0.2) is 8.42 Å². The van der Waals surface area contributed by atoms with E-state index in [0.717, 1.165) is 27.2 Å². The summed E-state index contributed by atoms with van der Waals surface area (Å²) in [4.78, 5) is 8.40. The summed E-state index contributed by atoms with van der Waals surface area (Å²) in [5, 5.41) is 9.92. The summed E-state index contributed by atoms with van der Waals surface area (Å²) in [5.74, 6) is 0. The van der Waals surface area contributed by atoms with E-state index in [1.54, 1.807) is 61.1 Å². The van der Waals surface area contributed by atoms with Gasteiger partial charge in [-0.15, -0.1) is 5.69 Å². The fourth-order valence-electron chi connectivity index (χ4n) is 3.18. The molecule has 8 heteroatoms. The fourth-order valence-corrected chi connectivity index (χ4v) is 4.17. The number of hydrogen-bond acceptors (Lipinski definition) is 5. The number of fused-ring (bicyclic) bond motifs is 3. The molecular weight excluding hydrogens is 551 g/mol. The topological polar surface area (TPSA) is 97.8 Å². The molecule has 0 spiro atoms. The van der Waals surface area contributed by atoms with E-state index in [-0.39, 0.29) is 25.3 Å². The van der Waals surface area contributed by atoms with Crippen molar-refractivity contribution in [3.05, 3.63) is 114 Å². The van der Waals surface area contributed by atoms with Crippen LogP contribution in [-0.4, -0.2) is 18.4 Å². The van der Waals surface area contributed by atoms with E-state index in [9.17, 15) is 8.42 Å². The van der Waals surface area contributed by atoms with Crippen molar-refractivity contribution < 1.29 is 28.8 Å². The second kappa shape index (κ2) is 13.3. The van der Waals surface area contributed by atoms with Gasteiger partial charge >= 0.3 is 0 Å².